The maximum Gasteiger partial charge on any atom is 0.123 e. The van der Waals surface area contributed by atoms with Gasteiger partial charge < -0.3 is 9.47 Å². The van der Waals surface area contributed by atoms with Gasteiger partial charge in [-0.05, 0) is 50.6 Å². The molecule has 1 aliphatic heterocycles. The van der Waals surface area contributed by atoms with Crippen LogP contribution in [0.2, 0.25) is 0 Å². The van der Waals surface area contributed by atoms with E-state index < -0.39 is 0 Å². The molecule has 1 aromatic rings. The van der Waals surface area contributed by atoms with Crippen molar-refractivity contribution in [3.05, 3.63) is 23.8 Å². The van der Waals surface area contributed by atoms with Crippen LogP contribution >= 0.6 is 0 Å². The summed E-state index contributed by atoms with van der Waals surface area (Å²) < 4.78 is 10.9. The van der Waals surface area contributed by atoms with Crippen molar-refractivity contribution < 1.29 is 9.47 Å². The van der Waals surface area contributed by atoms with Crippen molar-refractivity contribution >= 4 is 0 Å². The van der Waals surface area contributed by atoms with Gasteiger partial charge in [-0.3, -0.25) is 4.90 Å². The summed E-state index contributed by atoms with van der Waals surface area (Å²) in [6, 6.07) is 6.62. The number of hydrogen-bond acceptors (Lipinski definition) is 3. The van der Waals surface area contributed by atoms with E-state index in [1.54, 1.807) is 14.2 Å². The van der Waals surface area contributed by atoms with Gasteiger partial charge in [-0.25, -0.2) is 0 Å². The van der Waals surface area contributed by atoms with Crippen LogP contribution in [0.4, 0.5) is 0 Å². The van der Waals surface area contributed by atoms with E-state index in [0.717, 1.165) is 11.5 Å². The number of methoxy groups -OCH3 is 2. The van der Waals surface area contributed by atoms with Crippen LogP contribution in [0.25, 0.3) is 0 Å². The number of likely N-dealkylation sites (tertiary alicyclic amines) is 1. The predicted octanol–water partition coefficient (Wildman–Crippen LogP) is 4.03. The van der Waals surface area contributed by atoms with Crippen LogP contribution < -0.4 is 9.47 Å². The van der Waals surface area contributed by atoms with Gasteiger partial charge in [0.05, 0.1) is 14.2 Å². The third-order valence-electron chi connectivity index (χ3n) is 4.21. The molecule has 3 heteroatoms. The molecule has 2 rings (SSSR count). The fraction of sp³-hybridized carbons (Fsp3) is 0.647. The van der Waals surface area contributed by atoms with E-state index in [1.165, 1.54) is 50.8 Å². The molecule has 1 unspecified atom stereocenters. The van der Waals surface area contributed by atoms with Gasteiger partial charge in [0.1, 0.15) is 11.5 Å². The summed E-state index contributed by atoms with van der Waals surface area (Å²) in [6.07, 6.45) is 6.38. The van der Waals surface area contributed by atoms with E-state index in [-0.39, 0.29) is 0 Å². The normalized spacial score (nSPS) is 19.2. The van der Waals surface area contributed by atoms with Gasteiger partial charge in [-0.1, -0.05) is 19.8 Å². The zero-order valence-electron chi connectivity index (χ0n) is 13.0. The molecular formula is C17H27NO2. The molecule has 1 atom stereocenters. The van der Waals surface area contributed by atoms with Crippen LogP contribution in [0.3, 0.4) is 0 Å². The zero-order valence-corrected chi connectivity index (χ0v) is 13.0. The standard InChI is InChI=1S/C17H27NO2/c1-4-5-6-11-18-12-7-8-16(18)15-13-14(19-2)9-10-17(15)20-3/h9-10,13,16H,4-8,11-12H2,1-3H3. The summed E-state index contributed by atoms with van der Waals surface area (Å²) in [6.45, 7) is 4.65. The molecule has 1 heterocycles. The van der Waals surface area contributed by atoms with E-state index in [1.807, 2.05) is 12.1 Å². The first-order valence-corrected chi connectivity index (χ1v) is 7.76. The Labute approximate surface area is 122 Å². The summed E-state index contributed by atoms with van der Waals surface area (Å²) in [5.74, 6) is 1.90. The van der Waals surface area contributed by atoms with Crippen LogP contribution in [0, 0.1) is 0 Å². The second-order valence-electron chi connectivity index (χ2n) is 5.51. The molecule has 0 aromatic heterocycles. The van der Waals surface area contributed by atoms with Gasteiger partial charge in [0.2, 0.25) is 0 Å². The molecular weight excluding hydrogens is 250 g/mol. The molecule has 0 amide bonds. The molecule has 0 spiro atoms. The molecule has 0 N–H and O–H groups in total. The van der Waals surface area contributed by atoms with Crippen molar-refractivity contribution in [1.82, 2.24) is 4.90 Å². The summed E-state index contributed by atoms with van der Waals surface area (Å²) in [5, 5.41) is 0. The van der Waals surface area contributed by atoms with Gasteiger partial charge in [-0.15, -0.1) is 0 Å². The van der Waals surface area contributed by atoms with Crippen molar-refractivity contribution in [2.75, 3.05) is 27.3 Å². The molecule has 0 saturated carbocycles. The van der Waals surface area contributed by atoms with Gasteiger partial charge in [0.15, 0.2) is 0 Å². The summed E-state index contributed by atoms with van der Waals surface area (Å²) in [5.41, 5.74) is 1.28. The lowest BCUT2D eigenvalue weighted by Gasteiger charge is -2.26. The highest BCUT2D eigenvalue weighted by Gasteiger charge is 2.28. The smallest absolute Gasteiger partial charge is 0.123 e. The maximum absolute atomic E-state index is 5.55. The quantitative estimate of drug-likeness (QED) is 0.702. The summed E-state index contributed by atoms with van der Waals surface area (Å²) in [4.78, 5) is 2.60. The molecule has 1 aromatic carbocycles. The number of rotatable bonds is 7. The minimum Gasteiger partial charge on any atom is -0.497 e. The van der Waals surface area contributed by atoms with Gasteiger partial charge in [0.25, 0.3) is 0 Å². The second-order valence-corrected chi connectivity index (χ2v) is 5.51. The van der Waals surface area contributed by atoms with Crippen LogP contribution in [0.5, 0.6) is 11.5 Å². The van der Waals surface area contributed by atoms with Crippen molar-refractivity contribution in [2.45, 2.75) is 45.1 Å². The van der Waals surface area contributed by atoms with E-state index in [2.05, 4.69) is 17.9 Å². The molecule has 112 valence electrons. The summed E-state index contributed by atoms with van der Waals surface area (Å²) >= 11 is 0. The summed E-state index contributed by atoms with van der Waals surface area (Å²) in [7, 11) is 3.47. The minimum absolute atomic E-state index is 0.483. The molecule has 3 nitrogen and oxygen atoms in total. The first-order valence-electron chi connectivity index (χ1n) is 7.76. The SMILES string of the molecule is CCCCCN1CCCC1c1cc(OC)ccc1OC. The van der Waals surface area contributed by atoms with E-state index in [0.29, 0.717) is 6.04 Å². The fourth-order valence-corrected chi connectivity index (χ4v) is 3.11. The topological polar surface area (TPSA) is 21.7 Å². The second kappa shape index (κ2) is 7.53. The number of nitrogens with zero attached hydrogens (tertiary/aromatic N) is 1. The lowest BCUT2D eigenvalue weighted by atomic mass is 10.0. The fourth-order valence-electron chi connectivity index (χ4n) is 3.11. The van der Waals surface area contributed by atoms with Gasteiger partial charge >= 0.3 is 0 Å². The molecule has 1 aliphatic rings. The first kappa shape index (κ1) is 15.2. The monoisotopic (exact) mass is 277 g/mol. The van der Waals surface area contributed by atoms with Crippen LogP contribution in [-0.4, -0.2) is 32.2 Å². The molecule has 0 radical (unpaired) electrons. The average Bonchev–Trinajstić information content (AvgIpc) is 2.95. The molecule has 20 heavy (non-hydrogen) atoms. The van der Waals surface area contributed by atoms with Gasteiger partial charge in [-0.2, -0.15) is 0 Å². The average molecular weight is 277 g/mol. The number of unbranched alkanes of at least 4 members (excludes halogenated alkanes) is 2. The Morgan fingerprint density at radius 2 is 2.05 bits per heavy atom. The molecule has 1 saturated heterocycles. The Bertz CT molecular complexity index is 419. The highest BCUT2D eigenvalue weighted by molar-refractivity contribution is 5.42. The van der Waals surface area contributed by atoms with Crippen molar-refractivity contribution in [3.8, 4) is 11.5 Å². The lowest BCUT2D eigenvalue weighted by molar-refractivity contribution is 0.245. The van der Waals surface area contributed by atoms with Crippen LogP contribution in [0.1, 0.15) is 50.6 Å². The number of benzene rings is 1. The molecule has 0 bridgehead atoms. The van der Waals surface area contributed by atoms with Crippen LogP contribution in [0.15, 0.2) is 18.2 Å². The number of ether oxygens (including phenoxy) is 2. The third kappa shape index (κ3) is 3.45. The Hall–Kier alpha value is -1.22. The maximum atomic E-state index is 5.55. The Morgan fingerprint density at radius 3 is 2.75 bits per heavy atom. The highest BCUT2D eigenvalue weighted by Crippen LogP contribution is 2.38. The number of hydrogen-bond donors (Lipinski definition) is 0. The Morgan fingerprint density at radius 1 is 1.20 bits per heavy atom. The molecule has 0 aliphatic carbocycles. The molecule has 1 fully saturated rings. The first-order chi connectivity index (χ1) is 9.80. The van der Waals surface area contributed by atoms with Crippen molar-refractivity contribution in [3.63, 3.8) is 0 Å². The van der Waals surface area contributed by atoms with Gasteiger partial charge in [0, 0.05) is 11.6 Å². The zero-order chi connectivity index (χ0) is 14.4. The van der Waals surface area contributed by atoms with Crippen molar-refractivity contribution in [1.29, 1.82) is 0 Å². The van der Waals surface area contributed by atoms with E-state index >= 15 is 0 Å². The highest BCUT2D eigenvalue weighted by atomic mass is 16.5. The van der Waals surface area contributed by atoms with Crippen LogP contribution in [-0.2, 0) is 0 Å². The predicted molar refractivity (Wildman–Crippen MR) is 82.6 cm³/mol. The minimum atomic E-state index is 0.483. The largest absolute Gasteiger partial charge is 0.497 e. The van der Waals surface area contributed by atoms with Crippen molar-refractivity contribution in [2.24, 2.45) is 0 Å². The van der Waals surface area contributed by atoms with E-state index in [4.69, 9.17) is 9.47 Å². The van der Waals surface area contributed by atoms with E-state index in [9.17, 15) is 0 Å². The third-order valence-corrected chi connectivity index (χ3v) is 4.21. The lowest BCUT2D eigenvalue weighted by Crippen LogP contribution is -2.24. The Balaban J connectivity index is 2.15. The Kier molecular flexibility index (Phi) is 5.72.